The number of aliphatic hydroxyl groups excluding tert-OH is 3. The summed E-state index contributed by atoms with van der Waals surface area (Å²) in [5.41, 5.74) is -0.193. The topological polar surface area (TPSA) is 114 Å². The Labute approximate surface area is 128 Å². The van der Waals surface area contributed by atoms with Crippen molar-refractivity contribution >= 4 is 5.97 Å². The Balaban J connectivity index is 1.99. The minimum absolute atomic E-state index is 0.00208. The number of esters is 1. The van der Waals surface area contributed by atoms with E-state index in [0.29, 0.717) is 5.69 Å². The molecule has 0 bridgehead atoms. The van der Waals surface area contributed by atoms with E-state index in [-0.39, 0.29) is 12.7 Å². The van der Waals surface area contributed by atoms with E-state index in [0.717, 1.165) is 0 Å². The number of imidazole rings is 1. The highest BCUT2D eigenvalue weighted by Gasteiger charge is 2.44. The third-order valence-electron chi connectivity index (χ3n) is 3.44. The van der Waals surface area contributed by atoms with Crippen molar-refractivity contribution in [1.82, 2.24) is 9.55 Å². The van der Waals surface area contributed by atoms with Crippen LogP contribution in [0.15, 0.2) is 12.5 Å². The monoisotopic (exact) mass is 314 g/mol. The molecule has 1 aliphatic heterocycles. The number of hydrogen-bond acceptors (Lipinski definition) is 7. The molecule has 1 aromatic rings. The summed E-state index contributed by atoms with van der Waals surface area (Å²) in [6, 6.07) is 0. The van der Waals surface area contributed by atoms with Crippen LogP contribution in [0.1, 0.15) is 32.6 Å². The summed E-state index contributed by atoms with van der Waals surface area (Å²) >= 11 is 0. The van der Waals surface area contributed by atoms with Crippen molar-refractivity contribution in [2.75, 3.05) is 6.61 Å². The van der Waals surface area contributed by atoms with Gasteiger partial charge in [-0.3, -0.25) is 4.79 Å². The summed E-state index contributed by atoms with van der Waals surface area (Å²) in [6.45, 7) is 4.88. The normalized spacial score (nSPS) is 28.8. The van der Waals surface area contributed by atoms with Gasteiger partial charge in [0.05, 0.1) is 24.0 Å². The average molecular weight is 314 g/mol. The molecule has 0 unspecified atom stereocenters. The molecule has 3 N–H and O–H groups in total. The molecular formula is C14H22N2O6. The van der Waals surface area contributed by atoms with Gasteiger partial charge in [-0.2, -0.15) is 0 Å². The number of ether oxygens (including phenoxy) is 2. The van der Waals surface area contributed by atoms with Crippen LogP contribution in [0.5, 0.6) is 0 Å². The smallest absolute Gasteiger partial charge is 0.312 e. The highest BCUT2D eigenvalue weighted by Crippen LogP contribution is 2.32. The van der Waals surface area contributed by atoms with Gasteiger partial charge < -0.3 is 29.4 Å². The molecule has 1 aromatic heterocycles. The third-order valence-corrected chi connectivity index (χ3v) is 3.44. The fourth-order valence-corrected chi connectivity index (χ4v) is 2.09. The zero-order valence-corrected chi connectivity index (χ0v) is 12.8. The number of rotatable bonds is 4. The molecule has 2 rings (SSSR count). The van der Waals surface area contributed by atoms with Crippen LogP contribution in [0.4, 0.5) is 0 Å². The maximum absolute atomic E-state index is 11.7. The number of aliphatic hydroxyl groups is 3. The Bertz CT molecular complexity index is 524. The van der Waals surface area contributed by atoms with Crippen LogP contribution in [0.2, 0.25) is 0 Å². The van der Waals surface area contributed by atoms with E-state index in [4.69, 9.17) is 14.6 Å². The minimum atomic E-state index is -1.17. The number of carbonyl (C=O) groups excluding carboxylic acids is 1. The summed E-state index contributed by atoms with van der Waals surface area (Å²) < 4.78 is 12.1. The lowest BCUT2D eigenvalue weighted by Gasteiger charge is -2.16. The zero-order chi connectivity index (χ0) is 16.5. The van der Waals surface area contributed by atoms with Crippen LogP contribution in [0, 0.1) is 5.41 Å². The molecule has 0 radical (unpaired) electrons. The van der Waals surface area contributed by atoms with Crippen LogP contribution in [-0.4, -0.2) is 55.8 Å². The summed E-state index contributed by atoms with van der Waals surface area (Å²) in [5.74, 6) is -0.337. The van der Waals surface area contributed by atoms with Crippen LogP contribution in [0.3, 0.4) is 0 Å². The standard InChI is InChI=1S/C14H22N2O6/c1-14(2,3)13(20)21-7-16-4-8(15-6-16)12-11(19)10(18)9(5-17)22-12/h4,6,9-12,17-19H,5,7H2,1-3H3/t9-,10-,11-,12+/m1/s1. The molecule has 1 aliphatic rings. The molecule has 8 nitrogen and oxygen atoms in total. The predicted molar refractivity (Wildman–Crippen MR) is 74.5 cm³/mol. The SMILES string of the molecule is CC(C)(C)C(=O)OCn1cnc([C@@H]2O[C@H](CO)[C@@H](O)[C@H]2O)c1. The second-order valence-corrected chi connectivity index (χ2v) is 6.38. The number of hydrogen-bond donors (Lipinski definition) is 3. The molecule has 0 aliphatic carbocycles. The van der Waals surface area contributed by atoms with E-state index in [1.807, 2.05) is 0 Å². The Hall–Kier alpha value is -1.48. The predicted octanol–water partition coefficient (Wildman–Crippen LogP) is -0.416. The summed E-state index contributed by atoms with van der Waals surface area (Å²) in [6.07, 6.45) is -0.997. The van der Waals surface area contributed by atoms with E-state index in [1.54, 1.807) is 27.0 Å². The molecule has 22 heavy (non-hydrogen) atoms. The second kappa shape index (κ2) is 6.33. The van der Waals surface area contributed by atoms with Gasteiger partial charge >= 0.3 is 5.97 Å². The van der Waals surface area contributed by atoms with Gasteiger partial charge in [0, 0.05) is 6.20 Å². The first-order valence-electron chi connectivity index (χ1n) is 7.05. The largest absolute Gasteiger partial charge is 0.443 e. The van der Waals surface area contributed by atoms with Crippen molar-refractivity contribution in [3.63, 3.8) is 0 Å². The molecule has 0 aromatic carbocycles. The van der Waals surface area contributed by atoms with Gasteiger partial charge in [-0.15, -0.1) is 0 Å². The molecule has 1 fully saturated rings. The Kier molecular flexibility index (Phi) is 4.86. The van der Waals surface area contributed by atoms with Crippen molar-refractivity contribution in [3.05, 3.63) is 18.2 Å². The van der Waals surface area contributed by atoms with Gasteiger partial charge in [0.15, 0.2) is 6.73 Å². The molecule has 0 saturated carbocycles. The second-order valence-electron chi connectivity index (χ2n) is 6.38. The minimum Gasteiger partial charge on any atom is -0.443 e. The van der Waals surface area contributed by atoms with Crippen molar-refractivity contribution in [2.24, 2.45) is 5.41 Å². The van der Waals surface area contributed by atoms with Gasteiger partial charge in [0.2, 0.25) is 0 Å². The van der Waals surface area contributed by atoms with Gasteiger partial charge in [-0.1, -0.05) is 0 Å². The first-order valence-corrected chi connectivity index (χ1v) is 7.05. The zero-order valence-electron chi connectivity index (χ0n) is 12.8. The lowest BCUT2D eigenvalue weighted by molar-refractivity contribution is -0.156. The van der Waals surface area contributed by atoms with Crippen molar-refractivity contribution in [3.8, 4) is 0 Å². The lowest BCUT2D eigenvalue weighted by Crippen LogP contribution is -2.32. The van der Waals surface area contributed by atoms with Gasteiger partial charge in [0.1, 0.15) is 24.4 Å². The number of nitrogens with zero attached hydrogens (tertiary/aromatic N) is 2. The molecular weight excluding hydrogens is 292 g/mol. The highest BCUT2D eigenvalue weighted by molar-refractivity contribution is 5.75. The Morgan fingerprint density at radius 1 is 1.41 bits per heavy atom. The van der Waals surface area contributed by atoms with E-state index >= 15 is 0 Å². The fourth-order valence-electron chi connectivity index (χ4n) is 2.09. The third kappa shape index (κ3) is 3.46. The average Bonchev–Trinajstić information content (AvgIpc) is 3.02. The first-order chi connectivity index (χ1) is 10.2. The fraction of sp³-hybridized carbons (Fsp3) is 0.714. The summed E-state index contributed by atoms with van der Waals surface area (Å²) in [5, 5.41) is 28.7. The molecule has 2 heterocycles. The van der Waals surface area contributed by atoms with E-state index < -0.39 is 36.4 Å². The molecule has 1 saturated heterocycles. The highest BCUT2D eigenvalue weighted by atomic mass is 16.6. The van der Waals surface area contributed by atoms with Gasteiger partial charge in [0.25, 0.3) is 0 Å². The Morgan fingerprint density at radius 2 is 2.09 bits per heavy atom. The molecule has 8 heteroatoms. The summed E-state index contributed by atoms with van der Waals surface area (Å²) in [4.78, 5) is 15.8. The maximum Gasteiger partial charge on any atom is 0.312 e. The first kappa shape index (κ1) is 16.9. The van der Waals surface area contributed by atoms with Crippen LogP contribution in [0.25, 0.3) is 0 Å². The molecule has 4 atom stereocenters. The van der Waals surface area contributed by atoms with Crippen molar-refractivity contribution in [1.29, 1.82) is 0 Å². The number of aromatic nitrogens is 2. The van der Waals surface area contributed by atoms with E-state index in [2.05, 4.69) is 4.98 Å². The van der Waals surface area contributed by atoms with Crippen molar-refractivity contribution in [2.45, 2.75) is 51.9 Å². The van der Waals surface area contributed by atoms with Crippen molar-refractivity contribution < 1.29 is 29.6 Å². The van der Waals surface area contributed by atoms with Crippen LogP contribution < -0.4 is 0 Å². The van der Waals surface area contributed by atoms with Crippen LogP contribution >= 0.6 is 0 Å². The van der Waals surface area contributed by atoms with E-state index in [9.17, 15) is 15.0 Å². The number of carbonyl (C=O) groups is 1. The quantitative estimate of drug-likeness (QED) is 0.647. The Morgan fingerprint density at radius 3 is 2.64 bits per heavy atom. The van der Waals surface area contributed by atoms with Crippen LogP contribution in [-0.2, 0) is 21.0 Å². The van der Waals surface area contributed by atoms with Gasteiger partial charge in [-0.05, 0) is 20.8 Å². The van der Waals surface area contributed by atoms with Gasteiger partial charge in [-0.25, -0.2) is 4.98 Å². The molecule has 0 amide bonds. The molecule has 124 valence electrons. The summed E-state index contributed by atoms with van der Waals surface area (Å²) in [7, 11) is 0. The lowest BCUT2D eigenvalue weighted by atomic mass is 9.98. The maximum atomic E-state index is 11.7. The van der Waals surface area contributed by atoms with E-state index in [1.165, 1.54) is 10.9 Å². The molecule has 0 spiro atoms.